The van der Waals surface area contributed by atoms with Crippen LogP contribution in [0.1, 0.15) is 35.6 Å². The van der Waals surface area contributed by atoms with Crippen molar-refractivity contribution < 1.29 is 0 Å². The summed E-state index contributed by atoms with van der Waals surface area (Å²) in [6.45, 7) is 2.19. The van der Waals surface area contributed by atoms with Crippen LogP contribution in [0.25, 0.3) is 0 Å². The first-order valence-corrected chi connectivity index (χ1v) is 9.00. The third-order valence-corrected chi connectivity index (χ3v) is 5.28. The van der Waals surface area contributed by atoms with Crippen molar-refractivity contribution in [3.05, 3.63) is 106 Å². The quantitative estimate of drug-likeness (QED) is 0.348. The van der Waals surface area contributed by atoms with Crippen LogP contribution in [-0.4, -0.2) is 0 Å². The molecule has 2 heteroatoms. The van der Waals surface area contributed by atoms with E-state index in [0.29, 0.717) is 5.02 Å². The van der Waals surface area contributed by atoms with E-state index in [-0.39, 0.29) is 0 Å². The molecule has 1 atom stereocenters. The number of rotatable bonds is 5. The normalized spacial score (nSPS) is 13.5. The lowest BCUT2D eigenvalue weighted by Crippen LogP contribution is -2.22. The van der Waals surface area contributed by atoms with Crippen molar-refractivity contribution in [2.24, 2.45) is 0 Å². The number of halogens is 2. The van der Waals surface area contributed by atoms with Gasteiger partial charge in [-0.3, -0.25) is 0 Å². The second kappa shape index (κ2) is 7.42. The summed E-state index contributed by atoms with van der Waals surface area (Å²) in [5.74, 6) is 0. The highest BCUT2D eigenvalue weighted by molar-refractivity contribution is 6.34. The molecular weight excluding hydrogens is 335 g/mol. The molecule has 0 aliphatic heterocycles. The van der Waals surface area contributed by atoms with Gasteiger partial charge < -0.3 is 0 Å². The van der Waals surface area contributed by atoms with Crippen molar-refractivity contribution in [2.45, 2.75) is 24.6 Å². The summed E-state index contributed by atoms with van der Waals surface area (Å²) in [4.78, 5) is -0.801. The molecule has 0 aliphatic carbocycles. The van der Waals surface area contributed by atoms with Gasteiger partial charge >= 0.3 is 0 Å². The Balaban J connectivity index is 2.18. The lowest BCUT2D eigenvalue weighted by molar-refractivity contribution is 0.872. The van der Waals surface area contributed by atoms with Crippen LogP contribution in [0.5, 0.6) is 0 Å². The van der Waals surface area contributed by atoms with Crippen LogP contribution in [0, 0.1) is 0 Å². The maximum Gasteiger partial charge on any atom is 0.121 e. The van der Waals surface area contributed by atoms with E-state index >= 15 is 0 Å². The largest absolute Gasteiger partial charge is 0.121 e. The van der Waals surface area contributed by atoms with Crippen molar-refractivity contribution in [2.75, 3.05) is 0 Å². The van der Waals surface area contributed by atoms with Gasteiger partial charge in [0.2, 0.25) is 0 Å². The van der Waals surface area contributed by atoms with E-state index in [1.807, 2.05) is 42.5 Å². The number of aryl methyl sites for hydroxylation is 1. The molecule has 0 radical (unpaired) electrons. The standard InChI is InChI=1S/C22H20Cl2/c1-2-8-17-13-15-19(16-14-17)22(24,18-9-4-3-5-10-18)20-11-6-7-12-21(20)23/h3-7,9-16H,2,8H2,1H3. The minimum absolute atomic E-state index is 0.675. The second-order valence-corrected chi connectivity index (χ2v) is 6.93. The zero-order valence-corrected chi connectivity index (χ0v) is 15.2. The molecule has 0 aromatic heterocycles. The molecule has 3 aromatic rings. The molecule has 0 nitrogen and oxygen atoms in total. The average Bonchev–Trinajstić information content (AvgIpc) is 2.63. The fraction of sp³-hybridized carbons (Fsp3) is 0.182. The van der Waals surface area contributed by atoms with Crippen LogP contribution >= 0.6 is 23.2 Å². The van der Waals surface area contributed by atoms with E-state index in [9.17, 15) is 0 Å². The van der Waals surface area contributed by atoms with Gasteiger partial charge in [-0.2, -0.15) is 0 Å². The molecule has 0 N–H and O–H groups in total. The topological polar surface area (TPSA) is 0 Å². The van der Waals surface area contributed by atoms with Crippen LogP contribution in [0.15, 0.2) is 78.9 Å². The van der Waals surface area contributed by atoms with Gasteiger partial charge in [0.1, 0.15) is 4.87 Å². The zero-order chi connectivity index (χ0) is 17.0. The van der Waals surface area contributed by atoms with Gasteiger partial charge in [-0.15, -0.1) is 11.6 Å². The highest BCUT2D eigenvalue weighted by Crippen LogP contribution is 2.45. The van der Waals surface area contributed by atoms with E-state index in [4.69, 9.17) is 23.2 Å². The first kappa shape index (κ1) is 17.1. The summed E-state index contributed by atoms with van der Waals surface area (Å²) in [7, 11) is 0. The summed E-state index contributed by atoms with van der Waals surface area (Å²) in [5, 5.41) is 0.675. The van der Waals surface area contributed by atoms with Gasteiger partial charge in [0.15, 0.2) is 0 Å². The summed E-state index contributed by atoms with van der Waals surface area (Å²) < 4.78 is 0. The molecule has 0 bridgehead atoms. The maximum absolute atomic E-state index is 7.27. The van der Waals surface area contributed by atoms with Gasteiger partial charge in [-0.1, -0.05) is 97.7 Å². The molecule has 0 spiro atoms. The molecular formula is C22H20Cl2. The van der Waals surface area contributed by atoms with Crippen molar-refractivity contribution >= 4 is 23.2 Å². The van der Waals surface area contributed by atoms with E-state index in [0.717, 1.165) is 29.5 Å². The van der Waals surface area contributed by atoms with Crippen LogP contribution < -0.4 is 0 Å². The molecule has 1 unspecified atom stereocenters. The van der Waals surface area contributed by atoms with Crippen LogP contribution in [-0.2, 0) is 11.3 Å². The van der Waals surface area contributed by atoms with E-state index in [2.05, 4.69) is 43.3 Å². The van der Waals surface area contributed by atoms with Crippen molar-refractivity contribution in [1.82, 2.24) is 0 Å². The monoisotopic (exact) mass is 354 g/mol. The van der Waals surface area contributed by atoms with Crippen molar-refractivity contribution in [1.29, 1.82) is 0 Å². The molecule has 0 amide bonds. The summed E-state index contributed by atoms with van der Waals surface area (Å²) in [5.41, 5.74) is 4.28. The second-order valence-electron chi connectivity index (χ2n) is 5.95. The predicted octanol–water partition coefficient (Wildman–Crippen LogP) is 6.82. The van der Waals surface area contributed by atoms with Crippen molar-refractivity contribution in [3.8, 4) is 0 Å². The molecule has 24 heavy (non-hydrogen) atoms. The first-order valence-electron chi connectivity index (χ1n) is 8.25. The van der Waals surface area contributed by atoms with E-state index < -0.39 is 4.87 Å². The number of hydrogen-bond acceptors (Lipinski definition) is 0. The first-order chi connectivity index (χ1) is 11.7. The Kier molecular flexibility index (Phi) is 5.28. The highest BCUT2D eigenvalue weighted by Gasteiger charge is 2.35. The number of hydrogen-bond donors (Lipinski definition) is 0. The van der Waals surface area contributed by atoms with E-state index in [1.165, 1.54) is 5.56 Å². The third kappa shape index (κ3) is 3.22. The minimum atomic E-state index is -0.801. The van der Waals surface area contributed by atoms with Gasteiger partial charge in [-0.05, 0) is 29.2 Å². The minimum Gasteiger partial charge on any atom is -0.103 e. The predicted molar refractivity (Wildman–Crippen MR) is 104 cm³/mol. The van der Waals surface area contributed by atoms with Crippen LogP contribution in [0.2, 0.25) is 5.02 Å². The average molecular weight is 355 g/mol. The van der Waals surface area contributed by atoms with Crippen molar-refractivity contribution in [3.63, 3.8) is 0 Å². The molecule has 0 saturated carbocycles. The smallest absolute Gasteiger partial charge is 0.103 e. The third-order valence-electron chi connectivity index (χ3n) is 4.31. The number of alkyl halides is 1. The van der Waals surface area contributed by atoms with Crippen LogP contribution in [0.3, 0.4) is 0 Å². The lowest BCUT2D eigenvalue weighted by atomic mass is 9.83. The summed E-state index contributed by atoms with van der Waals surface area (Å²) in [6.07, 6.45) is 2.21. The Bertz CT molecular complexity index is 794. The fourth-order valence-corrected chi connectivity index (χ4v) is 3.82. The Morgan fingerprint density at radius 3 is 1.96 bits per heavy atom. The van der Waals surface area contributed by atoms with Gasteiger partial charge in [0.05, 0.1) is 0 Å². The molecule has 122 valence electrons. The molecule has 0 heterocycles. The van der Waals surface area contributed by atoms with Crippen LogP contribution in [0.4, 0.5) is 0 Å². The molecule has 0 saturated heterocycles. The maximum atomic E-state index is 7.27. The van der Waals surface area contributed by atoms with Gasteiger partial charge in [-0.25, -0.2) is 0 Å². The Morgan fingerprint density at radius 1 is 0.750 bits per heavy atom. The zero-order valence-electron chi connectivity index (χ0n) is 13.7. The molecule has 0 fully saturated rings. The lowest BCUT2D eigenvalue weighted by Gasteiger charge is -2.30. The molecule has 0 aliphatic rings. The highest BCUT2D eigenvalue weighted by atomic mass is 35.5. The van der Waals surface area contributed by atoms with Gasteiger partial charge in [0.25, 0.3) is 0 Å². The molecule has 3 aromatic carbocycles. The Labute approximate surface area is 154 Å². The fourth-order valence-electron chi connectivity index (χ4n) is 3.08. The number of benzene rings is 3. The Hall–Kier alpha value is -1.76. The Morgan fingerprint density at radius 2 is 1.33 bits per heavy atom. The van der Waals surface area contributed by atoms with Gasteiger partial charge in [0, 0.05) is 10.6 Å². The SMILES string of the molecule is CCCc1ccc(C(Cl)(c2ccccc2)c2ccccc2Cl)cc1. The van der Waals surface area contributed by atoms with E-state index in [1.54, 1.807) is 0 Å². The summed E-state index contributed by atoms with van der Waals surface area (Å²) >= 11 is 13.8. The molecule has 3 rings (SSSR count). The summed E-state index contributed by atoms with van der Waals surface area (Å²) in [6, 6.07) is 26.5.